The predicted octanol–water partition coefficient (Wildman–Crippen LogP) is 1.83. The molecular weight excluding hydrogens is 138 g/mol. The number of phenolic OH excluding ortho intramolecular Hbond substituents is 1. The summed E-state index contributed by atoms with van der Waals surface area (Å²) in [7, 11) is 0. The van der Waals surface area contributed by atoms with Crippen molar-refractivity contribution >= 4 is 11.8 Å². The predicted molar refractivity (Wildman–Crippen MR) is 45.6 cm³/mol. The van der Waals surface area contributed by atoms with Crippen molar-refractivity contribution in [2.45, 2.75) is 0 Å². The number of nitrogens with one attached hydrogen (secondary N) is 1. The van der Waals surface area contributed by atoms with E-state index in [9.17, 15) is 5.11 Å². The summed E-state index contributed by atoms with van der Waals surface area (Å²) in [6.07, 6.45) is 3.92. The maximum absolute atomic E-state index is 9.37. The van der Waals surface area contributed by atoms with E-state index in [-0.39, 0.29) is 0 Å². The zero-order valence-electron chi connectivity index (χ0n) is 6.04. The van der Waals surface area contributed by atoms with Gasteiger partial charge in [0.15, 0.2) is 0 Å². The van der Waals surface area contributed by atoms with Crippen molar-refractivity contribution in [3.63, 3.8) is 0 Å². The van der Waals surface area contributed by atoms with Crippen LogP contribution in [0.25, 0.3) is 6.08 Å². The Balaban J connectivity index is 2.60. The molecule has 0 saturated heterocycles. The van der Waals surface area contributed by atoms with E-state index < -0.39 is 0 Å². The van der Waals surface area contributed by atoms with Crippen LogP contribution in [0.4, 0.5) is 5.69 Å². The lowest BCUT2D eigenvalue weighted by atomic mass is 10.1. The van der Waals surface area contributed by atoms with Gasteiger partial charge in [-0.2, -0.15) is 0 Å². The second-order valence-corrected chi connectivity index (χ2v) is 2.52. The van der Waals surface area contributed by atoms with Gasteiger partial charge >= 0.3 is 0 Å². The third-order valence-electron chi connectivity index (χ3n) is 1.78. The number of rotatable bonds is 0. The molecule has 0 aromatic heterocycles. The smallest absolute Gasteiger partial charge is 0.124 e. The standard InChI is InChI=1S/C9H9NO/c11-9-5-1-4-8-7(9)3-2-6-10-8/h1-5,10-11H,6H2. The summed E-state index contributed by atoms with van der Waals surface area (Å²) in [6, 6.07) is 5.48. The monoisotopic (exact) mass is 147 g/mol. The molecule has 1 aromatic rings. The Morgan fingerprint density at radius 2 is 2.27 bits per heavy atom. The van der Waals surface area contributed by atoms with Gasteiger partial charge in [0.05, 0.1) is 0 Å². The summed E-state index contributed by atoms with van der Waals surface area (Å²) in [5.41, 5.74) is 1.89. The van der Waals surface area contributed by atoms with Crippen LogP contribution in [0.3, 0.4) is 0 Å². The summed E-state index contributed by atoms with van der Waals surface area (Å²) < 4.78 is 0. The van der Waals surface area contributed by atoms with Crippen molar-refractivity contribution < 1.29 is 5.11 Å². The van der Waals surface area contributed by atoms with Crippen LogP contribution >= 0.6 is 0 Å². The van der Waals surface area contributed by atoms with E-state index in [1.165, 1.54) is 0 Å². The molecule has 0 fully saturated rings. The fourth-order valence-corrected chi connectivity index (χ4v) is 1.23. The molecule has 1 aromatic carbocycles. The van der Waals surface area contributed by atoms with E-state index in [0.29, 0.717) is 5.75 Å². The van der Waals surface area contributed by atoms with E-state index in [4.69, 9.17) is 0 Å². The van der Waals surface area contributed by atoms with Crippen molar-refractivity contribution in [1.29, 1.82) is 0 Å². The van der Waals surface area contributed by atoms with Crippen LogP contribution in [0, 0.1) is 0 Å². The van der Waals surface area contributed by atoms with E-state index >= 15 is 0 Å². The van der Waals surface area contributed by atoms with Gasteiger partial charge in [-0.1, -0.05) is 18.2 Å². The van der Waals surface area contributed by atoms with Crippen LogP contribution in [0.5, 0.6) is 5.75 Å². The summed E-state index contributed by atoms with van der Waals surface area (Å²) in [5.74, 6) is 0.339. The molecule has 2 rings (SSSR count). The number of phenols is 1. The van der Waals surface area contributed by atoms with E-state index in [0.717, 1.165) is 17.8 Å². The molecule has 11 heavy (non-hydrogen) atoms. The molecule has 0 atom stereocenters. The van der Waals surface area contributed by atoms with Crippen LogP contribution in [0.15, 0.2) is 24.3 Å². The molecule has 0 bridgehead atoms. The number of aromatic hydroxyl groups is 1. The Hall–Kier alpha value is -1.44. The van der Waals surface area contributed by atoms with Gasteiger partial charge in [-0.3, -0.25) is 0 Å². The first-order valence-electron chi connectivity index (χ1n) is 3.60. The Kier molecular flexibility index (Phi) is 1.32. The first kappa shape index (κ1) is 6.28. The zero-order chi connectivity index (χ0) is 7.68. The first-order chi connectivity index (χ1) is 5.38. The summed E-state index contributed by atoms with van der Waals surface area (Å²) >= 11 is 0. The zero-order valence-corrected chi connectivity index (χ0v) is 6.04. The van der Waals surface area contributed by atoms with Gasteiger partial charge in [0.1, 0.15) is 5.75 Å². The minimum atomic E-state index is 0.339. The minimum absolute atomic E-state index is 0.339. The summed E-state index contributed by atoms with van der Waals surface area (Å²) in [4.78, 5) is 0. The average Bonchev–Trinajstić information content (AvgIpc) is 2.06. The quantitative estimate of drug-likeness (QED) is 0.586. The highest BCUT2D eigenvalue weighted by atomic mass is 16.3. The lowest BCUT2D eigenvalue weighted by Gasteiger charge is -2.12. The van der Waals surface area contributed by atoms with Crippen LogP contribution < -0.4 is 5.32 Å². The largest absolute Gasteiger partial charge is 0.507 e. The van der Waals surface area contributed by atoms with Gasteiger partial charge in [0.25, 0.3) is 0 Å². The molecule has 2 N–H and O–H groups in total. The molecule has 2 nitrogen and oxygen atoms in total. The molecule has 1 aliphatic rings. The lowest BCUT2D eigenvalue weighted by Crippen LogP contribution is -2.03. The van der Waals surface area contributed by atoms with Gasteiger partial charge in [-0.15, -0.1) is 0 Å². The average molecular weight is 147 g/mol. The topological polar surface area (TPSA) is 32.3 Å². The van der Waals surface area contributed by atoms with Gasteiger partial charge in [-0.25, -0.2) is 0 Å². The maximum atomic E-state index is 9.37. The molecule has 0 unspecified atom stereocenters. The molecule has 1 heterocycles. The number of anilines is 1. The minimum Gasteiger partial charge on any atom is -0.507 e. The molecule has 0 radical (unpaired) electrons. The highest BCUT2D eigenvalue weighted by Crippen LogP contribution is 2.28. The van der Waals surface area contributed by atoms with Crippen LogP contribution in [-0.2, 0) is 0 Å². The van der Waals surface area contributed by atoms with Gasteiger partial charge in [0.2, 0.25) is 0 Å². The highest BCUT2D eigenvalue weighted by molar-refractivity contribution is 5.74. The van der Waals surface area contributed by atoms with Gasteiger partial charge in [0, 0.05) is 17.8 Å². The Morgan fingerprint density at radius 1 is 1.36 bits per heavy atom. The molecule has 56 valence electrons. The third kappa shape index (κ3) is 0.963. The van der Waals surface area contributed by atoms with Crippen molar-refractivity contribution in [3.8, 4) is 5.75 Å². The van der Waals surface area contributed by atoms with Gasteiger partial charge < -0.3 is 10.4 Å². The van der Waals surface area contributed by atoms with E-state index in [1.54, 1.807) is 6.07 Å². The third-order valence-corrected chi connectivity index (χ3v) is 1.78. The SMILES string of the molecule is Oc1cccc2c1C=CCN2. The highest BCUT2D eigenvalue weighted by Gasteiger charge is 2.05. The van der Waals surface area contributed by atoms with Crippen molar-refractivity contribution in [2.75, 3.05) is 11.9 Å². The Labute approximate surface area is 65.2 Å². The molecular formula is C9H9NO. The molecule has 1 aliphatic heterocycles. The van der Waals surface area contributed by atoms with Crippen molar-refractivity contribution in [2.24, 2.45) is 0 Å². The molecule has 2 heteroatoms. The summed E-state index contributed by atoms with van der Waals surface area (Å²) in [5, 5.41) is 12.5. The second-order valence-electron chi connectivity index (χ2n) is 2.52. The van der Waals surface area contributed by atoms with Gasteiger partial charge in [-0.05, 0) is 12.1 Å². The number of hydrogen-bond acceptors (Lipinski definition) is 2. The fraction of sp³-hybridized carbons (Fsp3) is 0.111. The molecule has 0 spiro atoms. The van der Waals surface area contributed by atoms with Crippen LogP contribution in [0.1, 0.15) is 5.56 Å². The molecule has 0 amide bonds. The Morgan fingerprint density at radius 3 is 3.09 bits per heavy atom. The normalized spacial score (nSPS) is 13.8. The number of benzene rings is 1. The van der Waals surface area contributed by atoms with Crippen molar-refractivity contribution in [1.82, 2.24) is 0 Å². The molecule has 0 aliphatic carbocycles. The molecule has 0 saturated carbocycles. The van der Waals surface area contributed by atoms with Crippen molar-refractivity contribution in [3.05, 3.63) is 29.8 Å². The second kappa shape index (κ2) is 2.31. The maximum Gasteiger partial charge on any atom is 0.124 e. The van der Waals surface area contributed by atoms with E-state index in [1.807, 2.05) is 24.3 Å². The van der Waals surface area contributed by atoms with E-state index in [2.05, 4.69) is 5.32 Å². The Bertz CT molecular complexity index is 304. The number of hydrogen-bond donors (Lipinski definition) is 2. The first-order valence-corrected chi connectivity index (χ1v) is 3.60. The van der Waals surface area contributed by atoms with Crippen LogP contribution in [0.2, 0.25) is 0 Å². The summed E-state index contributed by atoms with van der Waals surface area (Å²) in [6.45, 7) is 0.844. The fourth-order valence-electron chi connectivity index (χ4n) is 1.23. The van der Waals surface area contributed by atoms with Crippen LogP contribution in [-0.4, -0.2) is 11.7 Å². The lowest BCUT2D eigenvalue weighted by molar-refractivity contribution is 0.474. The number of fused-ring (bicyclic) bond motifs is 1.